The Balaban J connectivity index is 1.43. The Kier molecular flexibility index (Phi) is 14.5. The molecule has 252 valence electrons. The number of aliphatic hydroxyl groups excluding tert-OH is 6. The molecule has 0 saturated carbocycles. The number of imide groups is 1. The van der Waals surface area contributed by atoms with Crippen molar-refractivity contribution in [3.63, 3.8) is 0 Å². The van der Waals surface area contributed by atoms with Crippen LogP contribution in [0, 0.1) is 0 Å². The molecule has 0 unspecified atom stereocenters. The first-order valence-electron chi connectivity index (χ1n) is 15.2. The fourth-order valence-corrected chi connectivity index (χ4v) is 5.36. The Morgan fingerprint density at radius 1 is 0.864 bits per heavy atom. The van der Waals surface area contributed by atoms with Gasteiger partial charge >= 0.3 is 5.97 Å². The van der Waals surface area contributed by atoms with Crippen LogP contribution in [0.5, 0.6) is 0 Å². The van der Waals surface area contributed by atoms with Gasteiger partial charge in [0.2, 0.25) is 0 Å². The third-order valence-corrected chi connectivity index (χ3v) is 8.11. The standard InChI is InChI=1S/C28H46N2O14/c1-16-23(35)27(39)24(36)17(42-16)6-5-11-29(10-4-2-3-7-22(34)44-30-20(32)8-9-21(30)33)12-13-41-15-19-26(38)28(40)25(37)18(14-31)43-19/h16-19,23,25-28,31,35,37-40H,2-15H2,1H3/t16-,17-,18+,19-,23+,25+,26-,27+,28-/m0/s1. The van der Waals surface area contributed by atoms with E-state index in [4.69, 9.17) is 19.0 Å². The van der Waals surface area contributed by atoms with Crippen LogP contribution in [0.2, 0.25) is 0 Å². The Bertz CT molecular complexity index is 951. The molecule has 3 heterocycles. The molecule has 3 fully saturated rings. The molecule has 3 aliphatic heterocycles. The number of amides is 2. The number of hydroxylamine groups is 2. The monoisotopic (exact) mass is 634 g/mol. The number of unbranched alkanes of at least 4 members (excludes halogenated alkanes) is 2. The van der Waals surface area contributed by atoms with Gasteiger partial charge in [0.15, 0.2) is 5.78 Å². The Morgan fingerprint density at radius 2 is 1.52 bits per heavy atom. The third-order valence-electron chi connectivity index (χ3n) is 8.11. The van der Waals surface area contributed by atoms with Crippen LogP contribution in [0.15, 0.2) is 0 Å². The van der Waals surface area contributed by atoms with Gasteiger partial charge < -0.3 is 54.6 Å². The number of ketones is 1. The summed E-state index contributed by atoms with van der Waals surface area (Å²) in [5.74, 6) is -2.29. The normalized spacial score (nSPS) is 33.0. The number of carbonyl (C=O) groups is 4. The number of ether oxygens (including phenoxy) is 3. The molecule has 0 aromatic heterocycles. The highest BCUT2D eigenvalue weighted by atomic mass is 16.7. The van der Waals surface area contributed by atoms with E-state index in [1.54, 1.807) is 6.92 Å². The number of carbonyl (C=O) groups excluding carboxylic acids is 4. The van der Waals surface area contributed by atoms with E-state index in [-0.39, 0.29) is 32.5 Å². The minimum atomic E-state index is -1.50. The molecule has 16 heteroatoms. The van der Waals surface area contributed by atoms with E-state index in [1.807, 2.05) is 0 Å². The highest BCUT2D eigenvalue weighted by molar-refractivity contribution is 6.01. The van der Waals surface area contributed by atoms with Gasteiger partial charge in [-0.3, -0.25) is 14.4 Å². The van der Waals surface area contributed by atoms with Gasteiger partial charge in [0.25, 0.3) is 11.8 Å². The second kappa shape index (κ2) is 17.5. The van der Waals surface area contributed by atoms with E-state index in [0.29, 0.717) is 56.8 Å². The van der Waals surface area contributed by atoms with E-state index < -0.39 is 85.1 Å². The summed E-state index contributed by atoms with van der Waals surface area (Å²) in [6, 6.07) is 0. The fourth-order valence-electron chi connectivity index (χ4n) is 5.36. The molecule has 0 aromatic carbocycles. The van der Waals surface area contributed by atoms with E-state index in [1.165, 1.54) is 0 Å². The van der Waals surface area contributed by atoms with Crippen molar-refractivity contribution in [3.05, 3.63) is 0 Å². The summed E-state index contributed by atoms with van der Waals surface area (Å²) in [6.07, 6.45) is -7.89. The smallest absolute Gasteiger partial charge is 0.333 e. The topological polar surface area (TPSA) is 233 Å². The molecule has 9 atom stereocenters. The molecule has 0 radical (unpaired) electrons. The molecule has 16 nitrogen and oxygen atoms in total. The Morgan fingerprint density at radius 3 is 2.20 bits per heavy atom. The van der Waals surface area contributed by atoms with Crippen LogP contribution in [0.4, 0.5) is 0 Å². The van der Waals surface area contributed by atoms with Crippen molar-refractivity contribution in [2.45, 2.75) is 113 Å². The zero-order chi connectivity index (χ0) is 32.4. The van der Waals surface area contributed by atoms with Gasteiger partial charge in [-0.05, 0) is 45.7 Å². The maximum Gasteiger partial charge on any atom is 0.333 e. The van der Waals surface area contributed by atoms with Crippen molar-refractivity contribution in [2.75, 3.05) is 39.5 Å². The van der Waals surface area contributed by atoms with Crippen LogP contribution < -0.4 is 0 Å². The summed E-state index contributed by atoms with van der Waals surface area (Å²) in [5.41, 5.74) is 0. The molecule has 0 spiro atoms. The first-order chi connectivity index (χ1) is 20.9. The van der Waals surface area contributed by atoms with Crippen LogP contribution in [0.1, 0.15) is 58.3 Å². The number of hydrogen-bond acceptors (Lipinski definition) is 15. The second-order valence-electron chi connectivity index (χ2n) is 11.4. The van der Waals surface area contributed by atoms with Gasteiger partial charge in [0, 0.05) is 25.8 Å². The zero-order valence-electron chi connectivity index (χ0n) is 24.9. The summed E-state index contributed by atoms with van der Waals surface area (Å²) in [7, 11) is 0. The number of rotatable bonds is 17. The first kappa shape index (κ1) is 36.3. The minimum absolute atomic E-state index is 0.0246. The van der Waals surface area contributed by atoms with Gasteiger partial charge in [-0.15, -0.1) is 5.06 Å². The van der Waals surface area contributed by atoms with Crippen LogP contribution >= 0.6 is 0 Å². The molecular weight excluding hydrogens is 588 g/mol. The molecule has 3 saturated heterocycles. The minimum Gasteiger partial charge on any atom is -0.394 e. The lowest BCUT2D eigenvalue weighted by atomic mass is 9.95. The van der Waals surface area contributed by atoms with Crippen LogP contribution in [-0.2, 0) is 38.2 Å². The number of Topliss-reactive ketones (excluding diaryl/α,β-unsaturated/α-hetero) is 1. The predicted octanol–water partition coefficient (Wildman–Crippen LogP) is -2.83. The molecule has 2 amide bonds. The average molecular weight is 635 g/mol. The largest absolute Gasteiger partial charge is 0.394 e. The predicted molar refractivity (Wildman–Crippen MR) is 147 cm³/mol. The molecule has 3 rings (SSSR count). The number of nitrogens with zero attached hydrogens (tertiary/aromatic N) is 2. The van der Waals surface area contributed by atoms with E-state index in [9.17, 15) is 49.8 Å². The molecular formula is C28H46N2O14. The lowest BCUT2D eigenvalue weighted by Gasteiger charge is -2.39. The number of hydrogen-bond donors (Lipinski definition) is 6. The van der Waals surface area contributed by atoms with E-state index in [2.05, 4.69) is 4.90 Å². The van der Waals surface area contributed by atoms with Crippen LogP contribution in [0.25, 0.3) is 0 Å². The van der Waals surface area contributed by atoms with Gasteiger partial charge in [0.1, 0.15) is 48.8 Å². The van der Waals surface area contributed by atoms with Gasteiger partial charge in [-0.1, -0.05) is 6.42 Å². The second-order valence-corrected chi connectivity index (χ2v) is 11.4. The summed E-state index contributed by atoms with van der Waals surface area (Å²) < 4.78 is 16.7. The van der Waals surface area contributed by atoms with Crippen LogP contribution in [-0.4, -0.2) is 159 Å². The van der Waals surface area contributed by atoms with Crippen molar-refractivity contribution in [1.82, 2.24) is 9.96 Å². The summed E-state index contributed by atoms with van der Waals surface area (Å²) in [5, 5.41) is 59.9. The fraction of sp³-hybridized carbons (Fsp3) is 0.857. The molecule has 0 aliphatic carbocycles. The summed E-state index contributed by atoms with van der Waals surface area (Å²) >= 11 is 0. The zero-order valence-corrected chi connectivity index (χ0v) is 24.9. The third kappa shape index (κ3) is 9.94. The van der Waals surface area contributed by atoms with Crippen molar-refractivity contribution >= 4 is 23.6 Å². The van der Waals surface area contributed by atoms with Crippen molar-refractivity contribution < 1.29 is 68.9 Å². The maximum atomic E-state index is 12.3. The molecule has 3 aliphatic rings. The summed E-state index contributed by atoms with van der Waals surface area (Å²) in [6.45, 7) is 2.73. The average Bonchev–Trinajstić information content (AvgIpc) is 3.31. The lowest BCUT2D eigenvalue weighted by molar-refractivity contribution is -0.239. The van der Waals surface area contributed by atoms with Crippen molar-refractivity contribution in [3.8, 4) is 0 Å². The molecule has 44 heavy (non-hydrogen) atoms. The SMILES string of the molecule is C[C@@H]1O[C@@H](CCCN(CCCCCC(=O)ON2C(=O)CCC2=O)CCOC[C@@H]2O[C@H](CO)[C@@H](O)[C@H](O)[C@H]2O)C(=O)[C@H](O)[C@@H]1O. The molecule has 0 aromatic rings. The van der Waals surface area contributed by atoms with E-state index in [0.717, 1.165) is 0 Å². The first-order valence-corrected chi connectivity index (χ1v) is 15.2. The highest BCUT2D eigenvalue weighted by Gasteiger charge is 2.43. The van der Waals surface area contributed by atoms with Gasteiger partial charge in [0.05, 0.1) is 25.9 Å². The highest BCUT2D eigenvalue weighted by Crippen LogP contribution is 2.22. The Labute approximate surface area is 255 Å². The number of aliphatic hydroxyl groups is 6. The quantitative estimate of drug-likeness (QED) is 0.0699. The Hall–Kier alpha value is -2.12. The molecule has 0 bridgehead atoms. The van der Waals surface area contributed by atoms with Gasteiger partial charge in [-0.2, -0.15) is 0 Å². The van der Waals surface area contributed by atoms with Crippen molar-refractivity contribution in [1.29, 1.82) is 0 Å². The lowest BCUT2D eigenvalue weighted by Crippen LogP contribution is -2.59. The maximum absolute atomic E-state index is 12.3. The van der Waals surface area contributed by atoms with Crippen molar-refractivity contribution in [2.24, 2.45) is 0 Å². The summed E-state index contributed by atoms with van der Waals surface area (Å²) in [4.78, 5) is 54.5. The molecule has 6 N–H and O–H groups in total. The van der Waals surface area contributed by atoms with E-state index >= 15 is 0 Å². The van der Waals surface area contributed by atoms with Crippen LogP contribution in [0.3, 0.4) is 0 Å². The van der Waals surface area contributed by atoms with Gasteiger partial charge in [-0.25, -0.2) is 4.79 Å².